The fourth-order valence-electron chi connectivity index (χ4n) is 7.50. The topological polar surface area (TPSA) is 187 Å². The van der Waals surface area contributed by atoms with Crippen molar-refractivity contribution in [3.63, 3.8) is 0 Å². The number of rotatable bonds is 12. The van der Waals surface area contributed by atoms with Gasteiger partial charge in [0.05, 0.1) is 51.6 Å². The summed E-state index contributed by atoms with van der Waals surface area (Å²) in [7, 11) is 3.50. The summed E-state index contributed by atoms with van der Waals surface area (Å²) >= 11 is 0. The largest absolute Gasteiger partial charge is 0.492 e. The first-order chi connectivity index (χ1) is 27.2. The van der Waals surface area contributed by atoms with Crippen LogP contribution in [0, 0.1) is 25.7 Å². The highest BCUT2D eigenvalue weighted by atomic mass is 16.5. The minimum Gasteiger partial charge on any atom is -0.492 e. The number of hydrogen-bond acceptors (Lipinski definition) is 11. The Labute approximate surface area is 331 Å². The van der Waals surface area contributed by atoms with E-state index in [-0.39, 0.29) is 29.8 Å². The summed E-state index contributed by atoms with van der Waals surface area (Å²) in [6.07, 6.45) is 8.18. The molecule has 0 aliphatic heterocycles. The van der Waals surface area contributed by atoms with Crippen molar-refractivity contribution >= 4 is 43.4 Å². The summed E-state index contributed by atoms with van der Waals surface area (Å²) in [6.45, 7) is 12.8. The normalized spacial score (nSPS) is 12.8. The van der Waals surface area contributed by atoms with Crippen LogP contribution < -0.4 is 32.1 Å². The molecule has 0 saturated heterocycles. The first-order valence-electron chi connectivity index (χ1n) is 19.3. The molecule has 2 atom stereocenters. The van der Waals surface area contributed by atoms with Crippen molar-refractivity contribution < 1.29 is 19.0 Å². The number of nitrogens with zero attached hydrogens (tertiary/aromatic N) is 5. The number of aliphatic hydroxyl groups excluding tert-OH is 1. The lowest BCUT2D eigenvalue weighted by atomic mass is 10.0. The van der Waals surface area contributed by atoms with Crippen molar-refractivity contribution in [3.8, 4) is 22.8 Å². The number of aryl methyl sites for hydroxylation is 4. The van der Waals surface area contributed by atoms with Gasteiger partial charge in [-0.15, -0.1) is 0 Å². The third kappa shape index (κ3) is 8.55. The molecule has 5 heterocycles. The second kappa shape index (κ2) is 17.2. The second-order valence-electron chi connectivity index (χ2n) is 15.6. The lowest BCUT2D eigenvalue weighted by Gasteiger charge is -2.18. The highest BCUT2D eigenvalue weighted by Crippen LogP contribution is 2.37. The van der Waals surface area contributed by atoms with Crippen LogP contribution in [-0.4, -0.2) is 54.5 Å². The molecular weight excluding hydrogens is 723 g/mol. The molecule has 7 aromatic rings. The third-order valence-electron chi connectivity index (χ3n) is 10.2. The molecule has 13 heteroatoms. The summed E-state index contributed by atoms with van der Waals surface area (Å²) in [5, 5.41) is 14.6. The summed E-state index contributed by atoms with van der Waals surface area (Å²) in [5.41, 5.74) is 16.5. The Morgan fingerprint density at radius 2 is 1.23 bits per heavy atom. The average molecular weight is 776 g/mol. The number of benzene rings is 2. The number of aliphatic hydroxyl groups is 1. The molecule has 0 bridgehead atoms. The van der Waals surface area contributed by atoms with Gasteiger partial charge in [-0.25, -0.2) is 4.98 Å². The summed E-state index contributed by atoms with van der Waals surface area (Å²) in [5.74, 6) is 2.74. The fourth-order valence-corrected chi connectivity index (χ4v) is 7.50. The van der Waals surface area contributed by atoms with Gasteiger partial charge in [0.2, 0.25) is 0 Å². The van der Waals surface area contributed by atoms with Crippen molar-refractivity contribution in [1.29, 1.82) is 0 Å². The van der Waals surface area contributed by atoms with Gasteiger partial charge in [-0.2, -0.15) is 0 Å². The number of pyridine rings is 4. The van der Waals surface area contributed by atoms with Gasteiger partial charge >= 0.3 is 0 Å². The maximum absolute atomic E-state index is 13.0. The lowest BCUT2D eigenvalue weighted by Crippen LogP contribution is -2.29. The fraction of sp³-hybridized carbons (Fsp3) is 0.386. The van der Waals surface area contributed by atoms with Crippen LogP contribution in [-0.2, 0) is 20.7 Å². The van der Waals surface area contributed by atoms with Crippen LogP contribution >= 0.6 is 0 Å². The van der Waals surface area contributed by atoms with Gasteiger partial charge in [0.15, 0.2) is 12.2 Å². The molecule has 7 rings (SSSR count). The summed E-state index contributed by atoms with van der Waals surface area (Å²) in [4.78, 5) is 38.4. The molecule has 0 saturated carbocycles. The Hall–Kier alpha value is -5.63. The van der Waals surface area contributed by atoms with E-state index in [1.807, 2.05) is 50.2 Å². The molecule has 0 fully saturated rings. The monoisotopic (exact) mass is 775 g/mol. The molecule has 0 aliphatic carbocycles. The Bertz CT molecular complexity index is 2670. The molecule has 0 aliphatic rings. The maximum Gasteiger partial charge on any atom is 0.260 e. The molecule has 2 aromatic carbocycles. The van der Waals surface area contributed by atoms with Gasteiger partial charge < -0.3 is 39.6 Å². The highest BCUT2D eigenvalue weighted by Gasteiger charge is 2.19. The molecule has 0 radical (unpaired) electrons. The molecule has 0 unspecified atom stereocenters. The number of hydrogen-bond donors (Lipinski definition) is 3. The zero-order valence-corrected chi connectivity index (χ0v) is 34.0. The standard InChI is InChI=1S/C23H26N4O3.C21H27N3O3/c1-13(2)7-15(24)11-29-20-9-19-17(8-18(20)21-10-25-12-30-21)16-5-6-26-14(3)22(16)23(28)27(19)4;1-12(2)7-15(22)11-27-19-9-18-17(8-14(19)10-25)16-5-6-23-13(3)20(16)21(26)24(18)4/h5-6,8-10,12-13,15H,7,11,24H2,1-4H3;5-6,8-9,12,15,25H,7,10-11,22H2,1-4H3/t2*15-/m00/s1. The van der Waals surface area contributed by atoms with Crippen LogP contribution in [0.1, 0.15) is 57.5 Å². The first-order valence-corrected chi connectivity index (χ1v) is 19.3. The Morgan fingerprint density at radius 3 is 1.70 bits per heavy atom. The highest BCUT2D eigenvalue weighted by molar-refractivity contribution is 6.08. The average Bonchev–Trinajstić information content (AvgIpc) is 3.71. The molecule has 300 valence electrons. The van der Waals surface area contributed by atoms with E-state index >= 15 is 0 Å². The van der Waals surface area contributed by atoms with E-state index in [4.69, 9.17) is 25.4 Å². The lowest BCUT2D eigenvalue weighted by molar-refractivity contribution is 0.247. The Morgan fingerprint density at radius 1 is 0.737 bits per heavy atom. The van der Waals surface area contributed by atoms with Gasteiger partial charge in [-0.05, 0) is 73.6 Å². The van der Waals surface area contributed by atoms with Crippen LogP contribution in [0.15, 0.2) is 75.4 Å². The van der Waals surface area contributed by atoms with E-state index in [9.17, 15) is 14.7 Å². The zero-order chi connectivity index (χ0) is 41.1. The SMILES string of the molecule is Cc1nccc2c1c(=O)n(C)c1cc(OC[C@@H](N)CC(C)C)c(-c3cnco3)cc21.Cc1nccc2c1c(=O)n(C)c1cc(OC[C@@H](N)CC(C)C)c(CO)cc21. The van der Waals surface area contributed by atoms with Crippen LogP contribution in [0.2, 0.25) is 0 Å². The van der Waals surface area contributed by atoms with E-state index in [1.165, 1.54) is 6.39 Å². The summed E-state index contributed by atoms with van der Waals surface area (Å²) in [6, 6.07) is 11.1. The maximum atomic E-state index is 13.0. The molecule has 13 nitrogen and oxygen atoms in total. The van der Waals surface area contributed by atoms with Crippen molar-refractivity contribution in [2.45, 2.75) is 73.1 Å². The van der Waals surface area contributed by atoms with Crippen molar-refractivity contribution in [2.24, 2.45) is 37.4 Å². The first kappa shape index (κ1) is 41.0. The van der Waals surface area contributed by atoms with Gasteiger partial charge in [0.1, 0.15) is 24.7 Å². The molecule has 5 N–H and O–H groups in total. The quantitative estimate of drug-likeness (QED) is 0.116. The molecular formula is C44H53N7O6. The van der Waals surface area contributed by atoms with E-state index in [1.54, 1.807) is 41.8 Å². The molecule has 5 aromatic heterocycles. The third-order valence-corrected chi connectivity index (χ3v) is 10.2. The van der Waals surface area contributed by atoms with Crippen molar-refractivity contribution in [3.05, 3.63) is 99.0 Å². The zero-order valence-electron chi connectivity index (χ0n) is 34.0. The Balaban J connectivity index is 0.000000194. The van der Waals surface area contributed by atoms with Gasteiger partial charge in [0.25, 0.3) is 11.1 Å². The molecule has 0 amide bonds. The van der Waals surface area contributed by atoms with E-state index in [2.05, 4.69) is 42.6 Å². The minimum absolute atomic E-state index is 0.0820. The number of oxazole rings is 1. The number of ether oxygens (including phenoxy) is 2. The van der Waals surface area contributed by atoms with Crippen molar-refractivity contribution in [1.82, 2.24) is 24.1 Å². The molecule has 0 spiro atoms. The van der Waals surface area contributed by atoms with E-state index < -0.39 is 0 Å². The van der Waals surface area contributed by atoms with Gasteiger partial charge in [-0.3, -0.25) is 19.6 Å². The summed E-state index contributed by atoms with van der Waals surface area (Å²) < 4.78 is 20.8. The van der Waals surface area contributed by atoms with Crippen LogP contribution in [0.25, 0.3) is 54.7 Å². The van der Waals surface area contributed by atoms with Crippen molar-refractivity contribution in [2.75, 3.05) is 13.2 Å². The van der Waals surface area contributed by atoms with E-state index in [0.29, 0.717) is 70.0 Å². The van der Waals surface area contributed by atoms with Gasteiger partial charge in [0, 0.05) is 67.0 Å². The number of aromatic nitrogens is 5. The van der Waals surface area contributed by atoms with Crippen LogP contribution in [0.4, 0.5) is 0 Å². The predicted octanol–water partition coefficient (Wildman–Crippen LogP) is 6.44. The Kier molecular flexibility index (Phi) is 12.4. The molecule has 57 heavy (non-hydrogen) atoms. The van der Waals surface area contributed by atoms with Crippen LogP contribution in [0.3, 0.4) is 0 Å². The second-order valence-corrected chi connectivity index (χ2v) is 15.6. The minimum atomic E-state index is -0.154. The van der Waals surface area contributed by atoms with E-state index in [0.717, 1.165) is 51.0 Å². The number of fused-ring (bicyclic) bond motifs is 6. The predicted molar refractivity (Wildman–Crippen MR) is 226 cm³/mol. The smallest absolute Gasteiger partial charge is 0.260 e. The van der Waals surface area contributed by atoms with Gasteiger partial charge in [-0.1, -0.05) is 27.7 Å². The number of nitrogens with two attached hydrogens (primary N) is 2. The van der Waals surface area contributed by atoms with Crippen LogP contribution in [0.5, 0.6) is 11.5 Å².